The third-order valence-corrected chi connectivity index (χ3v) is 6.19. The Bertz CT molecular complexity index is 1770. The molecule has 0 aliphatic carbocycles. The topological polar surface area (TPSA) is 73.1 Å². The minimum atomic E-state index is 0. The van der Waals surface area contributed by atoms with E-state index in [1.54, 1.807) is 12.3 Å². The van der Waals surface area contributed by atoms with Crippen LogP contribution in [0.3, 0.4) is 0 Å². The first-order valence-electron chi connectivity index (χ1n) is 11.4. The van der Waals surface area contributed by atoms with E-state index in [0.717, 1.165) is 44.4 Å². The van der Waals surface area contributed by atoms with Crippen molar-refractivity contribution in [2.24, 2.45) is 0 Å². The van der Waals surface area contributed by atoms with Crippen molar-refractivity contribution in [3.05, 3.63) is 89.2 Å². The van der Waals surface area contributed by atoms with Gasteiger partial charge in [0.2, 0.25) is 5.88 Å². The van der Waals surface area contributed by atoms with Gasteiger partial charge >= 0.3 is 0 Å². The number of ether oxygens (including phenoxy) is 1. The van der Waals surface area contributed by atoms with Gasteiger partial charge in [-0.1, -0.05) is 23.7 Å². The van der Waals surface area contributed by atoms with Gasteiger partial charge in [-0.15, -0.1) is 17.5 Å². The molecule has 0 saturated heterocycles. The Kier molecular flexibility index (Phi) is 6.01. The number of pyridine rings is 1. The molecule has 0 radical (unpaired) electrons. The fourth-order valence-electron chi connectivity index (χ4n) is 4.63. The first-order valence-corrected chi connectivity index (χ1v) is 11.4. The Balaban J connectivity index is 0.00000267. The number of hydrogen-bond donors (Lipinski definition) is 1. The van der Waals surface area contributed by atoms with Gasteiger partial charge < -0.3 is 14.4 Å². The third-order valence-electron chi connectivity index (χ3n) is 6.19. The zero-order valence-electron chi connectivity index (χ0n) is 20.2. The molecular formula is C29H23N4O2Pt-. The number of aromatic nitrogens is 4. The van der Waals surface area contributed by atoms with Crippen molar-refractivity contribution in [1.29, 1.82) is 0 Å². The SMILES string of the molecule is Cc1cc(C)nc(-n2c3[c-]c(Oc4cnc5c(C)ccc(O)c5n4)ccc3c3ccc(C)cc32)c1.[Pt]. The minimum Gasteiger partial charge on any atom is -0.506 e. The molecule has 3 aromatic heterocycles. The van der Waals surface area contributed by atoms with Crippen molar-refractivity contribution in [3.63, 3.8) is 0 Å². The van der Waals surface area contributed by atoms with Crippen LogP contribution in [0.25, 0.3) is 38.7 Å². The van der Waals surface area contributed by atoms with E-state index < -0.39 is 0 Å². The van der Waals surface area contributed by atoms with Crippen LogP contribution in [-0.4, -0.2) is 24.6 Å². The molecule has 0 bridgehead atoms. The quantitative estimate of drug-likeness (QED) is 0.217. The molecule has 6 rings (SSSR count). The molecule has 0 amide bonds. The van der Waals surface area contributed by atoms with Gasteiger partial charge in [0.1, 0.15) is 17.1 Å². The minimum absolute atomic E-state index is 0. The van der Waals surface area contributed by atoms with E-state index in [0.29, 0.717) is 16.8 Å². The van der Waals surface area contributed by atoms with Crippen LogP contribution in [0.15, 0.2) is 60.8 Å². The van der Waals surface area contributed by atoms with Crippen molar-refractivity contribution in [3.8, 4) is 23.2 Å². The van der Waals surface area contributed by atoms with E-state index in [4.69, 9.17) is 9.72 Å². The molecule has 3 heterocycles. The van der Waals surface area contributed by atoms with Gasteiger partial charge in [-0.25, -0.2) is 15.0 Å². The number of rotatable bonds is 3. The Morgan fingerprint density at radius 1 is 0.833 bits per heavy atom. The number of fused-ring (bicyclic) bond motifs is 4. The van der Waals surface area contributed by atoms with Crippen LogP contribution >= 0.6 is 0 Å². The van der Waals surface area contributed by atoms with E-state index in [1.807, 2.05) is 32.0 Å². The van der Waals surface area contributed by atoms with Gasteiger partial charge in [0.25, 0.3) is 0 Å². The molecule has 0 aliphatic heterocycles. The van der Waals surface area contributed by atoms with E-state index in [1.165, 1.54) is 5.56 Å². The summed E-state index contributed by atoms with van der Waals surface area (Å²) in [5.41, 5.74) is 7.20. The molecule has 7 heteroatoms. The van der Waals surface area contributed by atoms with Crippen LogP contribution in [0.1, 0.15) is 22.4 Å². The van der Waals surface area contributed by atoms with Gasteiger partial charge in [0.15, 0.2) is 0 Å². The van der Waals surface area contributed by atoms with Crippen molar-refractivity contribution in [2.75, 3.05) is 0 Å². The molecule has 182 valence electrons. The van der Waals surface area contributed by atoms with Gasteiger partial charge in [0.05, 0.1) is 11.7 Å². The normalized spacial score (nSPS) is 11.2. The monoisotopic (exact) mass is 654 g/mol. The molecular weight excluding hydrogens is 631 g/mol. The second-order valence-electron chi connectivity index (χ2n) is 8.99. The van der Waals surface area contributed by atoms with Crippen molar-refractivity contribution < 1.29 is 30.9 Å². The second-order valence-corrected chi connectivity index (χ2v) is 8.99. The van der Waals surface area contributed by atoms with E-state index in [9.17, 15) is 5.11 Å². The number of aryl methyl sites for hydroxylation is 4. The maximum Gasteiger partial charge on any atom is 0.236 e. The number of phenols is 1. The predicted molar refractivity (Wildman–Crippen MR) is 138 cm³/mol. The third kappa shape index (κ3) is 4.02. The Morgan fingerprint density at radius 2 is 1.64 bits per heavy atom. The Morgan fingerprint density at radius 3 is 2.44 bits per heavy atom. The number of aromatic hydroxyl groups is 1. The standard InChI is InChI=1S/C29H23N4O2.Pt/c1-16-5-8-21-22-9-7-20(35-27-15-30-28-18(3)6-10-25(34)29(28)32-27)14-24(22)33(23(21)12-16)26-13-17(2)11-19(4)31-26;/h5-13,15,34H,1-4H3;/q-1;. The molecule has 3 aromatic carbocycles. The van der Waals surface area contributed by atoms with Crippen LogP contribution in [0.2, 0.25) is 0 Å². The number of phenolic OH excluding ortho intramolecular Hbond substituents is 1. The average Bonchev–Trinajstić information content (AvgIpc) is 3.13. The second kappa shape index (κ2) is 9.03. The fraction of sp³-hybridized carbons (Fsp3) is 0.138. The summed E-state index contributed by atoms with van der Waals surface area (Å²) in [4.78, 5) is 13.8. The van der Waals surface area contributed by atoms with Gasteiger partial charge in [0, 0.05) is 38.0 Å². The summed E-state index contributed by atoms with van der Waals surface area (Å²) < 4.78 is 8.20. The summed E-state index contributed by atoms with van der Waals surface area (Å²) in [6, 6.07) is 21.4. The first-order chi connectivity index (χ1) is 16.9. The fourth-order valence-corrected chi connectivity index (χ4v) is 4.63. The number of nitrogens with zero attached hydrogens (tertiary/aromatic N) is 4. The predicted octanol–water partition coefficient (Wildman–Crippen LogP) is 6.65. The van der Waals surface area contributed by atoms with Crippen molar-refractivity contribution in [2.45, 2.75) is 27.7 Å². The van der Waals surface area contributed by atoms with Crippen LogP contribution < -0.4 is 4.74 Å². The summed E-state index contributed by atoms with van der Waals surface area (Å²) >= 11 is 0. The summed E-state index contributed by atoms with van der Waals surface area (Å²) in [6.07, 6.45) is 1.57. The molecule has 6 aromatic rings. The summed E-state index contributed by atoms with van der Waals surface area (Å²) in [7, 11) is 0. The Hall–Kier alpha value is -3.76. The molecule has 0 aliphatic rings. The maximum atomic E-state index is 10.3. The zero-order valence-corrected chi connectivity index (χ0v) is 22.5. The number of hydrogen-bond acceptors (Lipinski definition) is 5. The molecule has 36 heavy (non-hydrogen) atoms. The maximum absolute atomic E-state index is 10.3. The van der Waals surface area contributed by atoms with Gasteiger partial charge in [-0.3, -0.25) is 0 Å². The largest absolute Gasteiger partial charge is 0.506 e. The van der Waals surface area contributed by atoms with E-state index >= 15 is 0 Å². The molecule has 0 saturated carbocycles. The molecule has 0 fully saturated rings. The summed E-state index contributed by atoms with van der Waals surface area (Å²) in [6.45, 7) is 8.10. The van der Waals surface area contributed by atoms with Gasteiger partial charge in [-0.2, -0.15) is 6.07 Å². The van der Waals surface area contributed by atoms with Crippen LogP contribution in [0.4, 0.5) is 0 Å². The molecule has 0 atom stereocenters. The van der Waals surface area contributed by atoms with Gasteiger partial charge in [-0.05, 0) is 74.0 Å². The van der Waals surface area contributed by atoms with Crippen molar-refractivity contribution in [1.82, 2.24) is 19.5 Å². The summed E-state index contributed by atoms with van der Waals surface area (Å²) in [5, 5.41) is 12.4. The van der Waals surface area contributed by atoms with Crippen molar-refractivity contribution >= 4 is 32.8 Å². The van der Waals surface area contributed by atoms with Crippen LogP contribution in [0, 0.1) is 33.8 Å². The summed E-state index contributed by atoms with van der Waals surface area (Å²) in [5.74, 6) is 1.70. The van der Waals surface area contributed by atoms with Crippen LogP contribution in [0.5, 0.6) is 17.4 Å². The zero-order chi connectivity index (χ0) is 24.3. The Labute approximate surface area is 222 Å². The molecule has 1 N–H and O–H groups in total. The smallest absolute Gasteiger partial charge is 0.236 e. The number of benzene rings is 3. The molecule has 0 unspecified atom stereocenters. The molecule has 0 spiro atoms. The molecule has 6 nitrogen and oxygen atoms in total. The van der Waals surface area contributed by atoms with E-state index in [2.05, 4.69) is 64.8 Å². The van der Waals surface area contributed by atoms with E-state index in [-0.39, 0.29) is 32.7 Å². The first kappa shape index (κ1) is 24.0. The van der Waals surface area contributed by atoms with Crippen LogP contribution in [-0.2, 0) is 21.1 Å². The average molecular weight is 655 g/mol.